The minimum Gasteiger partial charge on any atom is -0.460 e. The van der Waals surface area contributed by atoms with E-state index in [1.165, 1.54) is 0 Å². The Morgan fingerprint density at radius 1 is 0.543 bits per heavy atom. The van der Waals surface area contributed by atoms with Crippen LogP contribution in [0.4, 0.5) is 5.69 Å². The van der Waals surface area contributed by atoms with Gasteiger partial charge in [-0.05, 0) is 44.8 Å². The number of carbonyl (C=O) groups excluding carboxylic acids is 1. The second kappa shape index (κ2) is 33.0. The van der Waals surface area contributed by atoms with Crippen LogP contribution in [0.25, 0.3) is 0 Å². The number of ether oxygens (including phenoxy) is 10. The third-order valence-electron chi connectivity index (χ3n) is 6.10. The van der Waals surface area contributed by atoms with E-state index in [0.29, 0.717) is 124 Å². The predicted molar refractivity (Wildman–Crippen MR) is 176 cm³/mol. The molecule has 1 rings (SSSR count). The van der Waals surface area contributed by atoms with Crippen LogP contribution in [0, 0.1) is 0 Å². The van der Waals surface area contributed by atoms with Crippen molar-refractivity contribution in [2.45, 2.75) is 19.8 Å². The average molecular weight is 661 g/mol. The molecule has 0 radical (unpaired) electrons. The van der Waals surface area contributed by atoms with Gasteiger partial charge in [0.05, 0.1) is 124 Å². The Morgan fingerprint density at radius 3 is 1.24 bits per heavy atom. The van der Waals surface area contributed by atoms with Crippen molar-refractivity contribution in [1.82, 2.24) is 4.90 Å². The second-order valence-electron chi connectivity index (χ2n) is 10.3. The molecule has 268 valence electrons. The fourth-order valence-electron chi connectivity index (χ4n) is 3.52. The van der Waals surface area contributed by atoms with E-state index in [2.05, 4.69) is 17.1 Å². The molecule has 0 atom stereocenters. The highest BCUT2D eigenvalue weighted by Crippen LogP contribution is 2.10. The van der Waals surface area contributed by atoms with Crippen LogP contribution >= 0.6 is 0 Å². The lowest BCUT2D eigenvalue weighted by Gasteiger charge is -2.10. The highest BCUT2D eigenvalue weighted by molar-refractivity contribution is 5.89. The van der Waals surface area contributed by atoms with Crippen molar-refractivity contribution < 1.29 is 52.2 Å². The molecule has 13 heteroatoms. The molecule has 0 aliphatic heterocycles. The maximum atomic E-state index is 12.1. The third kappa shape index (κ3) is 28.3. The first-order valence-electron chi connectivity index (χ1n) is 16.5. The van der Waals surface area contributed by atoms with Gasteiger partial charge in [-0.15, -0.1) is 0 Å². The van der Waals surface area contributed by atoms with Gasteiger partial charge < -0.3 is 57.6 Å². The summed E-state index contributed by atoms with van der Waals surface area (Å²) < 4.78 is 54.4. The molecule has 1 aromatic rings. The molecule has 13 nitrogen and oxygen atoms in total. The van der Waals surface area contributed by atoms with Gasteiger partial charge in [-0.3, -0.25) is 0 Å². The fourth-order valence-corrected chi connectivity index (χ4v) is 3.52. The van der Waals surface area contributed by atoms with E-state index in [9.17, 15) is 4.79 Å². The summed E-state index contributed by atoms with van der Waals surface area (Å²) in [6.07, 6.45) is 2.25. The van der Waals surface area contributed by atoms with Crippen LogP contribution in [0.1, 0.15) is 30.1 Å². The van der Waals surface area contributed by atoms with Crippen LogP contribution in [0.15, 0.2) is 24.3 Å². The quantitative estimate of drug-likeness (QED) is 0.0849. The Balaban J connectivity index is 1.71. The maximum Gasteiger partial charge on any atom is 0.338 e. The van der Waals surface area contributed by atoms with E-state index < -0.39 is 0 Å². The zero-order valence-corrected chi connectivity index (χ0v) is 28.5. The van der Waals surface area contributed by atoms with Crippen LogP contribution in [0.3, 0.4) is 0 Å². The first-order chi connectivity index (χ1) is 22.6. The number of rotatable bonds is 35. The number of esters is 1. The van der Waals surface area contributed by atoms with Crippen LogP contribution in [0.2, 0.25) is 0 Å². The van der Waals surface area contributed by atoms with Crippen LogP contribution in [-0.2, 0) is 47.4 Å². The third-order valence-corrected chi connectivity index (χ3v) is 6.10. The van der Waals surface area contributed by atoms with Crippen molar-refractivity contribution in [3.8, 4) is 0 Å². The van der Waals surface area contributed by atoms with Gasteiger partial charge in [-0.2, -0.15) is 0 Å². The van der Waals surface area contributed by atoms with Gasteiger partial charge >= 0.3 is 5.97 Å². The molecule has 0 heterocycles. The molecule has 0 saturated carbocycles. The number of likely N-dealkylation sites (N-methyl/N-ethyl adjacent to an activating group) is 1. The first kappa shape index (κ1) is 42.1. The Hall–Kier alpha value is -1.91. The molecule has 1 N–H and O–H groups in total. The van der Waals surface area contributed by atoms with Gasteiger partial charge in [0.15, 0.2) is 0 Å². The molecule has 0 aliphatic carbocycles. The highest BCUT2D eigenvalue weighted by Gasteiger charge is 2.06. The summed E-state index contributed by atoms with van der Waals surface area (Å²) in [6, 6.07) is 7.30. The number of nitrogens with one attached hydrogen (secondary N) is 1. The number of unbranched alkanes of at least 4 members (excludes halogenated alkanes) is 1. The largest absolute Gasteiger partial charge is 0.460 e. The van der Waals surface area contributed by atoms with E-state index in [1.807, 2.05) is 26.2 Å². The topological polar surface area (TPSA) is 125 Å². The summed E-state index contributed by atoms with van der Waals surface area (Å²) in [6.45, 7) is 13.3. The highest BCUT2D eigenvalue weighted by atomic mass is 16.6. The number of benzene rings is 1. The molecular weight excluding hydrogens is 600 g/mol. The smallest absolute Gasteiger partial charge is 0.338 e. The van der Waals surface area contributed by atoms with Gasteiger partial charge in [-0.25, -0.2) is 4.79 Å². The number of hydrogen-bond acceptors (Lipinski definition) is 13. The average Bonchev–Trinajstić information content (AvgIpc) is 3.05. The van der Waals surface area contributed by atoms with E-state index in [4.69, 9.17) is 47.4 Å². The fraction of sp³-hybridized carbons (Fsp3) is 0.788. The van der Waals surface area contributed by atoms with E-state index >= 15 is 0 Å². The molecule has 46 heavy (non-hydrogen) atoms. The molecule has 0 saturated heterocycles. The zero-order valence-electron chi connectivity index (χ0n) is 28.5. The lowest BCUT2D eigenvalue weighted by Crippen LogP contribution is -2.19. The lowest BCUT2D eigenvalue weighted by atomic mass is 10.2. The van der Waals surface area contributed by atoms with Crippen molar-refractivity contribution in [3.05, 3.63) is 29.8 Å². The Kier molecular flexibility index (Phi) is 30.2. The first-order valence-corrected chi connectivity index (χ1v) is 16.5. The van der Waals surface area contributed by atoms with Gasteiger partial charge in [0.25, 0.3) is 0 Å². The van der Waals surface area contributed by atoms with E-state index in [1.54, 1.807) is 12.1 Å². The zero-order chi connectivity index (χ0) is 33.2. The number of nitrogens with zero attached hydrogens (tertiary/aromatic N) is 1. The molecular formula is C33H60N2O11. The minimum atomic E-state index is -0.359. The summed E-state index contributed by atoms with van der Waals surface area (Å²) in [5, 5.41) is 3.32. The van der Waals surface area contributed by atoms with Crippen LogP contribution in [0.5, 0.6) is 0 Å². The Labute approximate surface area is 276 Å². The second-order valence-corrected chi connectivity index (χ2v) is 10.3. The Bertz CT molecular complexity index is 787. The van der Waals surface area contributed by atoms with Gasteiger partial charge in [0.1, 0.15) is 6.61 Å². The van der Waals surface area contributed by atoms with Crippen LogP contribution < -0.4 is 5.32 Å². The van der Waals surface area contributed by atoms with Crippen molar-refractivity contribution in [2.24, 2.45) is 0 Å². The Morgan fingerprint density at radius 2 is 0.891 bits per heavy atom. The molecule has 0 fully saturated rings. The van der Waals surface area contributed by atoms with E-state index in [-0.39, 0.29) is 12.6 Å². The van der Waals surface area contributed by atoms with Crippen molar-refractivity contribution >= 4 is 11.7 Å². The van der Waals surface area contributed by atoms with Crippen molar-refractivity contribution in [1.29, 1.82) is 0 Å². The van der Waals surface area contributed by atoms with E-state index in [0.717, 1.165) is 31.6 Å². The van der Waals surface area contributed by atoms with Gasteiger partial charge in [0.2, 0.25) is 0 Å². The van der Waals surface area contributed by atoms with Gasteiger partial charge in [-0.1, -0.05) is 13.3 Å². The molecule has 1 aromatic carbocycles. The minimum absolute atomic E-state index is 0.193. The summed E-state index contributed by atoms with van der Waals surface area (Å²) >= 11 is 0. The van der Waals surface area contributed by atoms with Gasteiger partial charge in [0, 0.05) is 18.8 Å². The number of hydrogen-bond donors (Lipinski definition) is 1. The molecule has 0 unspecified atom stereocenters. The summed E-state index contributed by atoms with van der Waals surface area (Å²) in [4.78, 5) is 14.2. The molecule has 0 amide bonds. The summed E-state index contributed by atoms with van der Waals surface area (Å²) in [5.74, 6) is -0.359. The summed E-state index contributed by atoms with van der Waals surface area (Å²) in [7, 11) is 4.04. The monoisotopic (exact) mass is 660 g/mol. The number of anilines is 1. The van der Waals surface area contributed by atoms with Crippen LogP contribution in [-0.4, -0.2) is 164 Å². The predicted octanol–water partition coefficient (Wildman–Crippen LogP) is 2.77. The molecule has 0 aromatic heterocycles. The van der Waals surface area contributed by atoms with Crippen molar-refractivity contribution in [3.63, 3.8) is 0 Å². The standard InChI is InChI=1S/C33H60N2O11/c1-4-5-10-34-32-8-6-31(7-9-32)33(36)46-30-29-45-28-27-44-26-25-43-24-23-42-22-21-41-20-19-40-18-17-39-16-15-38-14-13-37-12-11-35(2)3/h6-9,34H,4-5,10-30H2,1-3H3. The number of carbonyl (C=O) groups is 1. The van der Waals surface area contributed by atoms with Crippen molar-refractivity contribution in [2.75, 3.05) is 158 Å². The molecule has 0 bridgehead atoms. The summed E-state index contributed by atoms with van der Waals surface area (Å²) in [5.41, 5.74) is 1.52. The molecule has 0 aliphatic rings. The maximum absolute atomic E-state index is 12.1. The molecule has 0 spiro atoms. The normalized spacial score (nSPS) is 11.4. The lowest BCUT2D eigenvalue weighted by molar-refractivity contribution is -0.0260. The SMILES string of the molecule is CCCCNc1ccc(C(=O)OCCOCCOCCOCCOCCOCCOCCOCCOCCOCCN(C)C)cc1.